The maximum Gasteiger partial charge on any atom is 0.248 e. The molecule has 1 amide bonds. The molecule has 0 fully saturated rings. The highest BCUT2D eigenvalue weighted by Crippen LogP contribution is 2.22. The molecule has 124 valence electrons. The van der Waals surface area contributed by atoms with Crippen LogP contribution in [0.25, 0.3) is 6.08 Å². The van der Waals surface area contributed by atoms with Crippen LogP contribution in [0.4, 0.5) is 10.1 Å². The van der Waals surface area contributed by atoms with Crippen molar-refractivity contribution in [2.24, 2.45) is 0 Å². The Bertz CT molecular complexity index is 857. The van der Waals surface area contributed by atoms with E-state index in [0.29, 0.717) is 11.4 Å². The van der Waals surface area contributed by atoms with Crippen molar-refractivity contribution >= 4 is 17.7 Å². The number of hydrogen-bond acceptors (Lipinski definition) is 2. The molecule has 25 heavy (non-hydrogen) atoms. The van der Waals surface area contributed by atoms with E-state index in [-0.39, 0.29) is 11.7 Å². The molecular formula is C21H16FNO2. The number of carbonyl (C=O) groups is 1. The van der Waals surface area contributed by atoms with Crippen molar-refractivity contribution < 1.29 is 13.9 Å². The number of ether oxygens (including phenoxy) is 1. The van der Waals surface area contributed by atoms with Gasteiger partial charge in [-0.15, -0.1) is 0 Å². The molecule has 0 bridgehead atoms. The van der Waals surface area contributed by atoms with Gasteiger partial charge in [0.2, 0.25) is 5.91 Å². The zero-order valence-corrected chi connectivity index (χ0v) is 13.4. The Balaban J connectivity index is 1.57. The first kappa shape index (κ1) is 16.5. The lowest BCUT2D eigenvalue weighted by Crippen LogP contribution is -2.07. The van der Waals surface area contributed by atoms with Gasteiger partial charge in [0.1, 0.15) is 17.3 Å². The first-order valence-electron chi connectivity index (χ1n) is 7.77. The standard InChI is InChI=1S/C21H16FNO2/c22-17-9-6-16(7-10-17)8-15-21(24)23-18-11-13-20(14-12-18)25-19-4-2-1-3-5-19/h1-15H,(H,23,24). The average molecular weight is 333 g/mol. The third kappa shape index (κ3) is 5.04. The summed E-state index contributed by atoms with van der Waals surface area (Å²) in [5.41, 5.74) is 1.41. The third-order valence-electron chi connectivity index (χ3n) is 3.40. The molecule has 1 N–H and O–H groups in total. The fraction of sp³-hybridized carbons (Fsp3) is 0. The molecule has 0 radical (unpaired) electrons. The fourth-order valence-corrected chi connectivity index (χ4v) is 2.16. The van der Waals surface area contributed by atoms with E-state index in [0.717, 1.165) is 11.3 Å². The Labute approximate surface area is 145 Å². The van der Waals surface area contributed by atoms with Crippen LogP contribution in [0.15, 0.2) is 84.9 Å². The zero-order chi connectivity index (χ0) is 17.5. The number of amides is 1. The Hall–Kier alpha value is -3.40. The normalized spacial score (nSPS) is 10.6. The highest BCUT2D eigenvalue weighted by Gasteiger charge is 2.00. The summed E-state index contributed by atoms with van der Waals surface area (Å²) in [7, 11) is 0. The van der Waals surface area contributed by atoms with Crippen LogP contribution >= 0.6 is 0 Å². The lowest BCUT2D eigenvalue weighted by Gasteiger charge is -2.07. The molecule has 4 heteroatoms. The number of para-hydroxylation sites is 1. The van der Waals surface area contributed by atoms with Crippen molar-refractivity contribution in [3.8, 4) is 11.5 Å². The molecule has 0 heterocycles. The highest BCUT2D eigenvalue weighted by molar-refractivity contribution is 6.01. The third-order valence-corrected chi connectivity index (χ3v) is 3.40. The van der Waals surface area contributed by atoms with Gasteiger partial charge in [0, 0.05) is 11.8 Å². The summed E-state index contributed by atoms with van der Waals surface area (Å²) in [6.45, 7) is 0. The van der Waals surface area contributed by atoms with Crippen LogP contribution in [0, 0.1) is 5.82 Å². The second-order valence-corrected chi connectivity index (χ2v) is 5.31. The van der Waals surface area contributed by atoms with Crippen molar-refractivity contribution in [1.82, 2.24) is 0 Å². The SMILES string of the molecule is O=C(C=Cc1ccc(F)cc1)Nc1ccc(Oc2ccccc2)cc1. The number of nitrogens with one attached hydrogen (secondary N) is 1. The summed E-state index contributed by atoms with van der Waals surface area (Å²) in [6.07, 6.45) is 3.03. The van der Waals surface area contributed by atoms with Crippen LogP contribution in [0.2, 0.25) is 0 Å². The summed E-state index contributed by atoms with van der Waals surface area (Å²) in [5, 5.41) is 2.76. The van der Waals surface area contributed by atoms with Gasteiger partial charge in [-0.1, -0.05) is 30.3 Å². The molecule has 0 atom stereocenters. The summed E-state index contributed by atoms with van der Waals surface area (Å²) in [5.74, 6) is 0.869. The second-order valence-electron chi connectivity index (χ2n) is 5.31. The first-order chi connectivity index (χ1) is 12.2. The molecule has 0 aromatic heterocycles. The van der Waals surface area contributed by atoms with Crippen molar-refractivity contribution in [2.75, 3.05) is 5.32 Å². The predicted molar refractivity (Wildman–Crippen MR) is 97.0 cm³/mol. The molecule has 3 rings (SSSR count). The number of benzene rings is 3. The van der Waals surface area contributed by atoms with E-state index in [1.165, 1.54) is 18.2 Å². The van der Waals surface area contributed by atoms with E-state index in [9.17, 15) is 9.18 Å². The van der Waals surface area contributed by atoms with E-state index in [1.54, 1.807) is 42.5 Å². The first-order valence-corrected chi connectivity index (χ1v) is 7.77. The number of halogens is 1. The number of rotatable bonds is 5. The van der Waals surface area contributed by atoms with E-state index in [4.69, 9.17) is 4.74 Å². The van der Waals surface area contributed by atoms with E-state index in [1.807, 2.05) is 30.3 Å². The van der Waals surface area contributed by atoms with Crippen LogP contribution in [-0.4, -0.2) is 5.91 Å². The zero-order valence-electron chi connectivity index (χ0n) is 13.4. The van der Waals surface area contributed by atoms with Gasteiger partial charge >= 0.3 is 0 Å². The summed E-state index contributed by atoms with van der Waals surface area (Å²) in [4.78, 5) is 11.9. The van der Waals surface area contributed by atoms with Crippen LogP contribution in [-0.2, 0) is 4.79 Å². The monoisotopic (exact) mass is 333 g/mol. The highest BCUT2D eigenvalue weighted by atomic mass is 19.1. The van der Waals surface area contributed by atoms with E-state index < -0.39 is 0 Å². The van der Waals surface area contributed by atoms with Gasteiger partial charge in [-0.25, -0.2) is 4.39 Å². The number of carbonyl (C=O) groups excluding carboxylic acids is 1. The maximum absolute atomic E-state index is 12.8. The molecule has 0 unspecified atom stereocenters. The van der Waals surface area contributed by atoms with Crippen molar-refractivity contribution in [2.45, 2.75) is 0 Å². The largest absolute Gasteiger partial charge is 0.457 e. The molecule has 3 aromatic rings. The van der Waals surface area contributed by atoms with Gasteiger partial charge in [0.15, 0.2) is 0 Å². The Morgan fingerprint density at radius 3 is 2.16 bits per heavy atom. The molecule has 0 aliphatic rings. The smallest absolute Gasteiger partial charge is 0.248 e. The Morgan fingerprint density at radius 2 is 1.48 bits per heavy atom. The summed E-state index contributed by atoms with van der Waals surface area (Å²) in [6, 6.07) is 22.5. The molecular weight excluding hydrogens is 317 g/mol. The summed E-state index contributed by atoms with van der Waals surface area (Å²) >= 11 is 0. The minimum absolute atomic E-state index is 0.263. The second kappa shape index (κ2) is 7.93. The van der Waals surface area contributed by atoms with E-state index in [2.05, 4.69) is 5.32 Å². The van der Waals surface area contributed by atoms with Crippen molar-refractivity contribution in [3.63, 3.8) is 0 Å². The molecule has 0 saturated heterocycles. The maximum atomic E-state index is 12.8. The molecule has 0 aliphatic heterocycles. The number of anilines is 1. The van der Waals surface area contributed by atoms with Crippen LogP contribution < -0.4 is 10.1 Å². The molecule has 0 aliphatic carbocycles. The van der Waals surface area contributed by atoms with Crippen molar-refractivity contribution in [3.05, 3.63) is 96.3 Å². The fourth-order valence-electron chi connectivity index (χ4n) is 2.16. The van der Waals surface area contributed by atoms with Crippen LogP contribution in [0.3, 0.4) is 0 Å². The van der Waals surface area contributed by atoms with Crippen molar-refractivity contribution in [1.29, 1.82) is 0 Å². The molecule has 0 spiro atoms. The van der Waals surface area contributed by atoms with Gasteiger partial charge in [0.25, 0.3) is 0 Å². The Morgan fingerprint density at radius 1 is 0.840 bits per heavy atom. The van der Waals surface area contributed by atoms with Gasteiger partial charge in [-0.2, -0.15) is 0 Å². The Kier molecular flexibility index (Phi) is 5.22. The van der Waals surface area contributed by atoms with E-state index >= 15 is 0 Å². The lowest BCUT2D eigenvalue weighted by atomic mass is 10.2. The topological polar surface area (TPSA) is 38.3 Å². The predicted octanol–water partition coefficient (Wildman–Crippen LogP) is 5.27. The minimum atomic E-state index is -0.306. The average Bonchev–Trinajstić information content (AvgIpc) is 2.64. The summed E-state index contributed by atoms with van der Waals surface area (Å²) < 4.78 is 18.5. The van der Waals surface area contributed by atoms with Crippen LogP contribution in [0.1, 0.15) is 5.56 Å². The molecule has 3 aromatic carbocycles. The van der Waals surface area contributed by atoms with Crippen LogP contribution in [0.5, 0.6) is 11.5 Å². The minimum Gasteiger partial charge on any atom is -0.457 e. The number of hydrogen-bond donors (Lipinski definition) is 1. The van der Waals surface area contributed by atoms with Gasteiger partial charge in [-0.3, -0.25) is 4.79 Å². The van der Waals surface area contributed by atoms with Gasteiger partial charge < -0.3 is 10.1 Å². The van der Waals surface area contributed by atoms with Gasteiger partial charge in [-0.05, 0) is 60.2 Å². The molecule has 3 nitrogen and oxygen atoms in total. The quantitative estimate of drug-likeness (QED) is 0.646. The molecule has 0 saturated carbocycles. The lowest BCUT2D eigenvalue weighted by molar-refractivity contribution is -0.111. The van der Waals surface area contributed by atoms with Gasteiger partial charge in [0.05, 0.1) is 0 Å².